The molecule has 0 saturated carbocycles. The monoisotopic (exact) mass is 155 g/mol. The molecule has 64 valence electrons. The molecule has 1 aliphatic heterocycles. The van der Waals surface area contributed by atoms with Gasteiger partial charge in [-0.2, -0.15) is 0 Å². The molecule has 1 N–H and O–H groups in total. The summed E-state index contributed by atoms with van der Waals surface area (Å²) in [4.78, 5) is 11.5. The van der Waals surface area contributed by atoms with E-state index in [0.29, 0.717) is 11.7 Å². The first kappa shape index (κ1) is 8.72. The molecule has 0 spiro atoms. The molecule has 1 unspecified atom stereocenters. The molecule has 1 aliphatic rings. The minimum Gasteiger partial charge on any atom is -0.315 e. The highest BCUT2D eigenvalue weighted by Gasteiger charge is 2.27. The van der Waals surface area contributed by atoms with Gasteiger partial charge in [-0.05, 0) is 6.42 Å². The number of Topliss-reactive ketones (excluding diaryl/α,β-unsaturated/α-hetero) is 1. The minimum absolute atomic E-state index is 0.284. The van der Waals surface area contributed by atoms with Gasteiger partial charge >= 0.3 is 0 Å². The number of carbonyl (C=O) groups is 1. The maximum Gasteiger partial charge on any atom is 0.141 e. The summed E-state index contributed by atoms with van der Waals surface area (Å²) in [6, 6.07) is 0. The standard InChI is InChI=1S/C9H17NO/c1-3-4-7(2)9(11)8-5-10-6-8/h7-8,10H,3-6H2,1-2H3. The Balaban J connectivity index is 2.27. The van der Waals surface area contributed by atoms with E-state index in [1.54, 1.807) is 0 Å². The van der Waals surface area contributed by atoms with Crippen molar-refractivity contribution in [1.29, 1.82) is 0 Å². The van der Waals surface area contributed by atoms with Crippen LogP contribution < -0.4 is 5.32 Å². The fourth-order valence-corrected chi connectivity index (χ4v) is 1.47. The van der Waals surface area contributed by atoms with Crippen LogP contribution in [-0.4, -0.2) is 18.9 Å². The summed E-state index contributed by atoms with van der Waals surface area (Å²) >= 11 is 0. The van der Waals surface area contributed by atoms with Gasteiger partial charge in [-0.1, -0.05) is 20.3 Å². The molecule has 1 heterocycles. The SMILES string of the molecule is CCCC(C)C(=O)C1CNC1. The summed E-state index contributed by atoms with van der Waals surface area (Å²) in [6.45, 7) is 5.99. The van der Waals surface area contributed by atoms with Crippen molar-refractivity contribution in [2.45, 2.75) is 26.7 Å². The van der Waals surface area contributed by atoms with E-state index in [2.05, 4.69) is 12.2 Å². The number of rotatable bonds is 4. The van der Waals surface area contributed by atoms with Gasteiger partial charge in [0.05, 0.1) is 0 Å². The van der Waals surface area contributed by atoms with Gasteiger partial charge < -0.3 is 5.32 Å². The zero-order chi connectivity index (χ0) is 8.27. The molecule has 2 heteroatoms. The second-order valence-corrected chi connectivity index (χ2v) is 3.45. The molecule has 1 atom stereocenters. The molecule has 0 amide bonds. The normalized spacial score (nSPS) is 20.9. The fourth-order valence-electron chi connectivity index (χ4n) is 1.47. The highest BCUT2D eigenvalue weighted by molar-refractivity contribution is 5.84. The molecular formula is C9H17NO. The van der Waals surface area contributed by atoms with Crippen molar-refractivity contribution in [1.82, 2.24) is 5.32 Å². The average Bonchev–Trinajstić information content (AvgIpc) is 1.84. The van der Waals surface area contributed by atoms with Crippen LogP contribution in [0, 0.1) is 11.8 Å². The van der Waals surface area contributed by atoms with E-state index in [0.717, 1.165) is 25.9 Å². The van der Waals surface area contributed by atoms with E-state index in [-0.39, 0.29) is 5.92 Å². The van der Waals surface area contributed by atoms with Crippen LogP contribution in [-0.2, 0) is 4.79 Å². The second kappa shape index (κ2) is 3.86. The molecule has 0 aromatic rings. The number of hydrogen-bond acceptors (Lipinski definition) is 2. The topological polar surface area (TPSA) is 29.1 Å². The third-order valence-electron chi connectivity index (χ3n) is 2.39. The summed E-state index contributed by atoms with van der Waals surface area (Å²) < 4.78 is 0. The van der Waals surface area contributed by atoms with Crippen molar-refractivity contribution in [2.75, 3.05) is 13.1 Å². The van der Waals surface area contributed by atoms with Gasteiger partial charge in [0.1, 0.15) is 5.78 Å². The van der Waals surface area contributed by atoms with Crippen LogP contribution in [0.25, 0.3) is 0 Å². The van der Waals surface area contributed by atoms with Crippen LogP contribution in [0.3, 0.4) is 0 Å². The van der Waals surface area contributed by atoms with E-state index in [1.165, 1.54) is 0 Å². The van der Waals surface area contributed by atoms with E-state index in [9.17, 15) is 4.79 Å². The Hall–Kier alpha value is -0.370. The number of nitrogens with one attached hydrogen (secondary N) is 1. The Labute approximate surface area is 68.4 Å². The van der Waals surface area contributed by atoms with Gasteiger partial charge in [0.15, 0.2) is 0 Å². The van der Waals surface area contributed by atoms with Crippen LogP contribution in [0.15, 0.2) is 0 Å². The molecule has 0 bridgehead atoms. The van der Waals surface area contributed by atoms with Crippen molar-refractivity contribution >= 4 is 5.78 Å². The Morgan fingerprint density at radius 1 is 1.64 bits per heavy atom. The smallest absolute Gasteiger partial charge is 0.141 e. The van der Waals surface area contributed by atoms with Gasteiger partial charge in [-0.15, -0.1) is 0 Å². The highest BCUT2D eigenvalue weighted by Crippen LogP contribution is 2.15. The Bertz CT molecular complexity index is 140. The third-order valence-corrected chi connectivity index (χ3v) is 2.39. The summed E-state index contributed by atoms with van der Waals surface area (Å²) in [5.74, 6) is 1.08. The molecule has 11 heavy (non-hydrogen) atoms. The largest absolute Gasteiger partial charge is 0.315 e. The molecule has 0 aliphatic carbocycles. The lowest BCUT2D eigenvalue weighted by molar-refractivity contribution is -0.127. The van der Waals surface area contributed by atoms with Gasteiger partial charge in [0.2, 0.25) is 0 Å². The number of carbonyl (C=O) groups excluding carboxylic acids is 1. The molecule has 0 aromatic carbocycles. The summed E-state index contributed by atoms with van der Waals surface area (Å²) in [7, 11) is 0. The molecule has 1 fully saturated rings. The van der Waals surface area contributed by atoms with E-state index in [4.69, 9.17) is 0 Å². The van der Waals surface area contributed by atoms with Crippen LogP contribution in [0.4, 0.5) is 0 Å². The van der Waals surface area contributed by atoms with Crippen LogP contribution in [0.2, 0.25) is 0 Å². The van der Waals surface area contributed by atoms with Gasteiger partial charge in [0, 0.05) is 24.9 Å². The maximum atomic E-state index is 11.5. The Kier molecular flexibility index (Phi) is 3.06. The third kappa shape index (κ3) is 2.03. The lowest BCUT2D eigenvalue weighted by Gasteiger charge is -2.28. The van der Waals surface area contributed by atoms with E-state index < -0.39 is 0 Å². The molecule has 2 nitrogen and oxygen atoms in total. The van der Waals surface area contributed by atoms with Crippen molar-refractivity contribution in [3.05, 3.63) is 0 Å². The van der Waals surface area contributed by atoms with Gasteiger partial charge in [-0.25, -0.2) is 0 Å². The first-order valence-corrected chi connectivity index (χ1v) is 4.50. The van der Waals surface area contributed by atoms with E-state index in [1.807, 2.05) is 6.92 Å². The summed E-state index contributed by atoms with van der Waals surface area (Å²) in [5.41, 5.74) is 0. The minimum atomic E-state index is 0.284. The zero-order valence-electron chi connectivity index (χ0n) is 7.39. The van der Waals surface area contributed by atoms with Crippen molar-refractivity contribution in [2.24, 2.45) is 11.8 Å². The maximum absolute atomic E-state index is 11.5. The Morgan fingerprint density at radius 3 is 2.64 bits per heavy atom. The summed E-state index contributed by atoms with van der Waals surface area (Å²) in [5, 5.41) is 3.12. The van der Waals surface area contributed by atoms with Crippen LogP contribution in [0.5, 0.6) is 0 Å². The predicted molar refractivity (Wildman–Crippen MR) is 45.4 cm³/mol. The number of hydrogen-bond donors (Lipinski definition) is 1. The zero-order valence-corrected chi connectivity index (χ0v) is 7.39. The highest BCUT2D eigenvalue weighted by atomic mass is 16.1. The molecular weight excluding hydrogens is 138 g/mol. The average molecular weight is 155 g/mol. The van der Waals surface area contributed by atoms with Crippen LogP contribution >= 0.6 is 0 Å². The van der Waals surface area contributed by atoms with Crippen molar-refractivity contribution in [3.8, 4) is 0 Å². The summed E-state index contributed by atoms with van der Waals surface area (Å²) in [6.07, 6.45) is 2.17. The first-order valence-electron chi connectivity index (χ1n) is 4.50. The second-order valence-electron chi connectivity index (χ2n) is 3.45. The quantitative estimate of drug-likeness (QED) is 0.661. The van der Waals surface area contributed by atoms with Gasteiger partial charge in [-0.3, -0.25) is 4.79 Å². The van der Waals surface area contributed by atoms with E-state index >= 15 is 0 Å². The van der Waals surface area contributed by atoms with Crippen molar-refractivity contribution in [3.63, 3.8) is 0 Å². The molecule has 0 radical (unpaired) electrons. The van der Waals surface area contributed by atoms with Crippen molar-refractivity contribution < 1.29 is 4.79 Å². The van der Waals surface area contributed by atoms with Gasteiger partial charge in [0.25, 0.3) is 0 Å². The van der Waals surface area contributed by atoms with Crippen LogP contribution in [0.1, 0.15) is 26.7 Å². The lowest BCUT2D eigenvalue weighted by atomic mass is 9.87. The Morgan fingerprint density at radius 2 is 2.27 bits per heavy atom. The molecule has 1 saturated heterocycles. The molecule has 1 rings (SSSR count). The molecule has 0 aromatic heterocycles. The first-order chi connectivity index (χ1) is 5.25. The fraction of sp³-hybridized carbons (Fsp3) is 0.889. The predicted octanol–water partition coefficient (Wildman–Crippen LogP) is 1.21. The number of ketones is 1. The lowest BCUT2D eigenvalue weighted by Crippen LogP contribution is -2.48.